The van der Waals surface area contributed by atoms with Crippen LogP contribution in [-0.2, 0) is 14.3 Å². The fourth-order valence-corrected chi connectivity index (χ4v) is 0.640. The molecule has 14 heavy (non-hydrogen) atoms. The number of carbonyl (C=O) groups excluding carboxylic acids is 2. The lowest BCUT2D eigenvalue weighted by Crippen LogP contribution is -2.42. The second-order valence-corrected chi connectivity index (χ2v) is 3.22. The number of nitrogens with two attached hydrogens (primary N) is 1. The number of ether oxygens (including phenoxy) is 1. The third-order valence-electron chi connectivity index (χ3n) is 1.55. The molecule has 0 unspecified atom stereocenters. The number of hydrogen-bond donors (Lipinski definition) is 1. The highest BCUT2D eigenvalue weighted by Gasteiger charge is 2.29. The molecule has 0 saturated heterocycles. The molecule has 0 rings (SSSR count). The molecular formula is C9H13N2O3. The summed E-state index contributed by atoms with van der Waals surface area (Å²) in [6.45, 7) is 2.84. The zero-order valence-electron chi connectivity index (χ0n) is 8.24. The van der Waals surface area contributed by atoms with Crippen LogP contribution in [0, 0.1) is 17.8 Å². The van der Waals surface area contributed by atoms with Crippen LogP contribution >= 0.6 is 0 Å². The van der Waals surface area contributed by atoms with Crippen LogP contribution in [0.1, 0.15) is 26.7 Å². The predicted octanol–water partition coefficient (Wildman–Crippen LogP) is 0.302. The van der Waals surface area contributed by atoms with Crippen LogP contribution in [0.2, 0.25) is 0 Å². The summed E-state index contributed by atoms with van der Waals surface area (Å²) in [7, 11) is 0. The minimum Gasteiger partial charge on any atom is -0.450 e. The molecule has 0 aromatic rings. The monoisotopic (exact) mass is 197 g/mol. The Labute approximate surface area is 82.8 Å². The Kier molecular flexibility index (Phi) is 4.64. The quantitative estimate of drug-likeness (QED) is 0.506. The first-order valence-electron chi connectivity index (χ1n) is 4.13. The van der Waals surface area contributed by atoms with E-state index in [9.17, 15) is 9.59 Å². The van der Waals surface area contributed by atoms with E-state index in [1.807, 2.05) is 0 Å². The van der Waals surface area contributed by atoms with Crippen LogP contribution < -0.4 is 5.73 Å². The molecular weight excluding hydrogens is 184 g/mol. The van der Waals surface area contributed by atoms with Crippen molar-refractivity contribution in [1.29, 1.82) is 5.26 Å². The summed E-state index contributed by atoms with van der Waals surface area (Å²) in [5, 5.41) is 8.17. The molecule has 0 fully saturated rings. The van der Waals surface area contributed by atoms with Gasteiger partial charge >= 0.3 is 5.97 Å². The van der Waals surface area contributed by atoms with E-state index in [4.69, 9.17) is 15.7 Å². The standard InChI is InChI=1S/C9H13N2O3/c1-9(2,8(11)13)14-7(12)5-3-4-6-10/h4H,3,5H2,1-2H3,(H2,11,13). The van der Waals surface area contributed by atoms with Crippen molar-refractivity contribution in [3.8, 4) is 6.07 Å². The molecule has 0 atom stereocenters. The molecule has 0 spiro atoms. The molecule has 0 heterocycles. The molecule has 0 aliphatic heterocycles. The van der Waals surface area contributed by atoms with Gasteiger partial charge in [0, 0.05) is 6.42 Å². The Morgan fingerprint density at radius 2 is 2.14 bits per heavy atom. The second kappa shape index (κ2) is 5.22. The predicted molar refractivity (Wildman–Crippen MR) is 48.5 cm³/mol. The highest BCUT2D eigenvalue weighted by Crippen LogP contribution is 2.10. The van der Waals surface area contributed by atoms with Crippen molar-refractivity contribution in [3.63, 3.8) is 0 Å². The lowest BCUT2D eigenvalue weighted by molar-refractivity contribution is -0.163. The van der Waals surface area contributed by atoms with Crippen LogP contribution in [0.3, 0.4) is 0 Å². The van der Waals surface area contributed by atoms with Crippen LogP contribution in [-0.4, -0.2) is 17.5 Å². The Bertz CT molecular complexity index is 266. The second-order valence-electron chi connectivity index (χ2n) is 3.22. The lowest BCUT2D eigenvalue weighted by atomic mass is 10.1. The first kappa shape index (κ1) is 12.4. The molecule has 1 radical (unpaired) electrons. The van der Waals surface area contributed by atoms with Crippen molar-refractivity contribution in [1.82, 2.24) is 0 Å². The SMILES string of the molecule is CC(C)(OC(=O)CC[CH]C#N)C(N)=O. The van der Waals surface area contributed by atoms with E-state index in [2.05, 4.69) is 0 Å². The number of rotatable bonds is 5. The van der Waals surface area contributed by atoms with E-state index in [1.165, 1.54) is 20.3 Å². The van der Waals surface area contributed by atoms with Gasteiger partial charge in [0.2, 0.25) is 0 Å². The van der Waals surface area contributed by atoms with Crippen molar-refractivity contribution in [2.45, 2.75) is 32.3 Å². The molecule has 0 aliphatic rings. The molecule has 0 aliphatic carbocycles. The number of nitriles is 1. The first-order valence-corrected chi connectivity index (χ1v) is 4.13. The van der Waals surface area contributed by atoms with Crippen LogP contribution in [0.15, 0.2) is 0 Å². The Morgan fingerprint density at radius 1 is 1.57 bits per heavy atom. The normalized spacial score (nSPS) is 10.4. The van der Waals surface area contributed by atoms with E-state index in [1.54, 1.807) is 6.07 Å². The molecule has 0 aromatic carbocycles. The topological polar surface area (TPSA) is 93.2 Å². The number of primary amides is 1. The number of unbranched alkanes of at least 4 members (excludes halogenated alkanes) is 1. The summed E-state index contributed by atoms with van der Waals surface area (Å²) in [5.41, 5.74) is 3.71. The molecule has 0 aromatic heterocycles. The van der Waals surface area contributed by atoms with E-state index in [0.717, 1.165) is 0 Å². The van der Waals surface area contributed by atoms with E-state index in [0.29, 0.717) is 6.42 Å². The van der Waals surface area contributed by atoms with E-state index >= 15 is 0 Å². The van der Waals surface area contributed by atoms with Crippen molar-refractivity contribution in [2.24, 2.45) is 5.73 Å². The van der Waals surface area contributed by atoms with Gasteiger partial charge < -0.3 is 10.5 Å². The Balaban J connectivity index is 3.95. The van der Waals surface area contributed by atoms with Gasteiger partial charge in [-0.3, -0.25) is 9.59 Å². The molecule has 0 bridgehead atoms. The number of amides is 1. The lowest BCUT2D eigenvalue weighted by Gasteiger charge is -2.20. The minimum atomic E-state index is -1.29. The maximum atomic E-state index is 11.1. The van der Waals surface area contributed by atoms with Crippen molar-refractivity contribution in [3.05, 3.63) is 6.42 Å². The number of nitrogens with zero attached hydrogens (tertiary/aromatic N) is 1. The summed E-state index contributed by atoms with van der Waals surface area (Å²) >= 11 is 0. The summed E-state index contributed by atoms with van der Waals surface area (Å²) in [5.74, 6) is -1.24. The molecule has 77 valence electrons. The maximum Gasteiger partial charge on any atom is 0.306 e. The maximum absolute atomic E-state index is 11.1. The zero-order chi connectivity index (χ0) is 11.2. The van der Waals surface area contributed by atoms with Gasteiger partial charge in [0.1, 0.15) is 0 Å². The van der Waals surface area contributed by atoms with Gasteiger partial charge in [0.15, 0.2) is 5.60 Å². The Morgan fingerprint density at radius 3 is 2.57 bits per heavy atom. The number of hydrogen-bond acceptors (Lipinski definition) is 4. The smallest absolute Gasteiger partial charge is 0.306 e. The molecule has 0 saturated carbocycles. The van der Waals surface area contributed by atoms with Gasteiger partial charge in [0.05, 0.1) is 12.5 Å². The third kappa shape index (κ3) is 4.45. The molecule has 5 nitrogen and oxygen atoms in total. The van der Waals surface area contributed by atoms with E-state index < -0.39 is 17.5 Å². The minimum absolute atomic E-state index is 0.0737. The van der Waals surface area contributed by atoms with E-state index in [-0.39, 0.29) is 6.42 Å². The molecule has 2 N–H and O–H groups in total. The number of carbonyl (C=O) groups is 2. The third-order valence-corrected chi connectivity index (χ3v) is 1.55. The van der Waals surface area contributed by atoms with Crippen LogP contribution in [0.25, 0.3) is 0 Å². The highest BCUT2D eigenvalue weighted by molar-refractivity contribution is 5.85. The van der Waals surface area contributed by atoms with Crippen molar-refractivity contribution < 1.29 is 14.3 Å². The van der Waals surface area contributed by atoms with Gasteiger partial charge in [-0.1, -0.05) is 0 Å². The summed E-state index contributed by atoms with van der Waals surface area (Å²) in [6.07, 6.45) is 1.67. The fourth-order valence-electron chi connectivity index (χ4n) is 0.640. The van der Waals surface area contributed by atoms with Crippen molar-refractivity contribution >= 4 is 11.9 Å². The van der Waals surface area contributed by atoms with Crippen molar-refractivity contribution in [2.75, 3.05) is 0 Å². The van der Waals surface area contributed by atoms with Gasteiger partial charge in [-0.2, -0.15) is 5.26 Å². The van der Waals surface area contributed by atoms with Gasteiger partial charge in [-0.15, -0.1) is 0 Å². The Hall–Kier alpha value is -1.57. The van der Waals surface area contributed by atoms with Gasteiger partial charge in [-0.05, 0) is 20.3 Å². The van der Waals surface area contributed by atoms with Crippen LogP contribution in [0.4, 0.5) is 0 Å². The average molecular weight is 197 g/mol. The molecule has 1 amide bonds. The van der Waals surface area contributed by atoms with Gasteiger partial charge in [-0.25, -0.2) is 0 Å². The average Bonchev–Trinajstić information content (AvgIpc) is 2.03. The summed E-state index contributed by atoms with van der Waals surface area (Å²) in [4.78, 5) is 21.8. The largest absolute Gasteiger partial charge is 0.450 e. The fraction of sp³-hybridized carbons (Fsp3) is 0.556. The van der Waals surface area contributed by atoms with Crippen LogP contribution in [0.5, 0.6) is 0 Å². The first-order chi connectivity index (χ1) is 6.40. The van der Waals surface area contributed by atoms with Gasteiger partial charge in [0.25, 0.3) is 5.91 Å². The zero-order valence-corrected chi connectivity index (χ0v) is 8.24. The molecule has 5 heteroatoms. The number of esters is 1. The highest BCUT2D eigenvalue weighted by atomic mass is 16.6. The summed E-state index contributed by atoms with van der Waals surface area (Å²) in [6, 6.07) is 1.78. The summed E-state index contributed by atoms with van der Waals surface area (Å²) < 4.78 is 4.80.